The van der Waals surface area contributed by atoms with Crippen LogP contribution in [0.3, 0.4) is 0 Å². The lowest BCUT2D eigenvalue weighted by Gasteiger charge is -2.09. The second-order valence-corrected chi connectivity index (χ2v) is 6.17. The molecule has 22 heavy (non-hydrogen) atoms. The third-order valence-corrected chi connectivity index (χ3v) is 4.87. The van der Waals surface area contributed by atoms with Crippen LogP contribution in [0.5, 0.6) is 0 Å². The van der Waals surface area contributed by atoms with Crippen molar-refractivity contribution in [2.45, 2.75) is 45.7 Å². The summed E-state index contributed by atoms with van der Waals surface area (Å²) >= 11 is 1.30. The normalized spacial score (nSPS) is 14.3. The number of hydrogen-bond acceptors (Lipinski definition) is 6. The maximum absolute atomic E-state index is 12.4. The smallest absolute Gasteiger partial charge is 0.256 e. The maximum Gasteiger partial charge on any atom is 0.256 e. The number of nitrogens with one attached hydrogen (secondary N) is 2. The van der Waals surface area contributed by atoms with E-state index in [-0.39, 0.29) is 5.91 Å². The molecule has 118 valence electrons. The van der Waals surface area contributed by atoms with Crippen molar-refractivity contribution in [3.8, 4) is 0 Å². The van der Waals surface area contributed by atoms with Crippen LogP contribution in [0.1, 0.15) is 47.0 Å². The molecule has 0 saturated heterocycles. The molecule has 0 spiro atoms. The molecule has 0 radical (unpaired) electrons. The van der Waals surface area contributed by atoms with Crippen LogP contribution in [0.4, 0.5) is 5.00 Å². The van der Waals surface area contributed by atoms with Crippen molar-refractivity contribution in [1.29, 1.82) is 0 Å². The Bertz CT molecular complexity index is 677. The van der Waals surface area contributed by atoms with Crippen LogP contribution in [0.25, 0.3) is 0 Å². The van der Waals surface area contributed by atoms with E-state index in [1.54, 1.807) is 7.05 Å². The Balaban J connectivity index is 1.71. The van der Waals surface area contributed by atoms with E-state index in [2.05, 4.69) is 29.8 Å². The molecule has 0 aliphatic carbocycles. The van der Waals surface area contributed by atoms with Crippen LogP contribution in [0, 0.1) is 6.92 Å². The molecule has 1 amide bonds. The van der Waals surface area contributed by atoms with Gasteiger partial charge in [-0.15, -0.1) is 10.2 Å². The predicted octanol–water partition coefficient (Wildman–Crippen LogP) is 1.74. The lowest BCUT2D eigenvalue weighted by molar-refractivity contribution is 0.0950. The van der Waals surface area contributed by atoms with Gasteiger partial charge in [0.05, 0.1) is 17.8 Å². The number of aromatic nitrogens is 4. The van der Waals surface area contributed by atoms with Crippen LogP contribution in [-0.2, 0) is 19.5 Å². The summed E-state index contributed by atoms with van der Waals surface area (Å²) in [7, 11) is 1.79. The summed E-state index contributed by atoms with van der Waals surface area (Å²) < 4.78 is 6.37. The number of anilines is 1. The number of hydrogen-bond donors (Lipinski definition) is 2. The van der Waals surface area contributed by atoms with Gasteiger partial charge in [-0.05, 0) is 31.3 Å². The van der Waals surface area contributed by atoms with Crippen molar-refractivity contribution < 1.29 is 4.79 Å². The standard InChI is InChI=1S/C14H20N6OS/c1-9-12(14(15-2)22-19-9)13(21)16-8-11-18-17-10-6-4-3-5-7-20(10)11/h15H,3-8H2,1-2H3,(H,16,21). The highest BCUT2D eigenvalue weighted by atomic mass is 32.1. The van der Waals surface area contributed by atoms with Gasteiger partial charge in [-0.3, -0.25) is 4.79 Å². The van der Waals surface area contributed by atoms with Gasteiger partial charge in [-0.2, -0.15) is 4.37 Å². The summed E-state index contributed by atoms with van der Waals surface area (Å²) in [6, 6.07) is 0. The van der Waals surface area contributed by atoms with Gasteiger partial charge in [0.15, 0.2) is 5.82 Å². The molecule has 2 aromatic rings. The van der Waals surface area contributed by atoms with E-state index in [9.17, 15) is 4.79 Å². The van der Waals surface area contributed by atoms with Crippen LogP contribution >= 0.6 is 11.5 Å². The van der Waals surface area contributed by atoms with Crippen molar-refractivity contribution in [1.82, 2.24) is 24.5 Å². The molecule has 3 heterocycles. The molecule has 0 saturated carbocycles. The Hall–Kier alpha value is -1.96. The fourth-order valence-corrected chi connectivity index (χ4v) is 3.47. The average molecular weight is 320 g/mol. The first-order valence-electron chi connectivity index (χ1n) is 7.54. The summed E-state index contributed by atoms with van der Waals surface area (Å²) in [5, 5.41) is 15.2. The molecule has 0 unspecified atom stereocenters. The number of fused-ring (bicyclic) bond motifs is 1. The molecule has 0 aromatic carbocycles. The van der Waals surface area contributed by atoms with Crippen molar-refractivity contribution in [2.75, 3.05) is 12.4 Å². The van der Waals surface area contributed by atoms with E-state index in [1.165, 1.54) is 18.0 Å². The number of nitrogens with zero attached hydrogens (tertiary/aromatic N) is 4. The molecule has 7 nitrogen and oxygen atoms in total. The minimum Gasteiger partial charge on any atom is -0.378 e. The second-order valence-electron chi connectivity index (χ2n) is 5.40. The van der Waals surface area contributed by atoms with E-state index < -0.39 is 0 Å². The van der Waals surface area contributed by atoms with Crippen molar-refractivity contribution >= 4 is 22.4 Å². The number of carbonyl (C=O) groups is 1. The number of amides is 1. The number of rotatable bonds is 4. The minimum atomic E-state index is -0.124. The van der Waals surface area contributed by atoms with Gasteiger partial charge in [-0.25, -0.2) is 0 Å². The van der Waals surface area contributed by atoms with Gasteiger partial charge >= 0.3 is 0 Å². The first kappa shape index (κ1) is 15.0. The van der Waals surface area contributed by atoms with Gasteiger partial charge in [0.25, 0.3) is 5.91 Å². The zero-order valence-electron chi connectivity index (χ0n) is 12.8. The topological polar surface area (TPSA) is 84.7 Å². The summed E-state index contributed by atoms with van der Waals surface area (Å²) in [6.45, 7) is 3.17. The fraction of sp³-hybridized carbons (Fsp3) is 0.571. The fourth-order valence-electron chi connectivity index (χ4n) is 2.73. The molecule has 2 N–H and O–H groups in total. The lowest BCUT2D eigenvalue weighted by atomic mass is 10.2. The Morgan fingerprint density at radius 3 is 3.00 bits per heavy atom. The largest absolute Gasteiger partial charge is 0.378 e. The molecule has 0 atom stereocenters. The summed E-state index contributed by atoms with van der Waals surface area (Å²) in [6.07, 6.45) is 4.50. The molecule has 3 rings (SSSR count). The van der Waals surface area contributed by atoms with Gasteiger partial charge in [-0.1, -0.05) is 6.42 Å². The minimum absolute atomic E-state index is 0.124. The summed E-state index contributed by atoms with van der Waals surface area (Å²) in [4.78, 5) is 12.4. The third-order valence-electron chi connectivity index (χ3n) is 3.91. The van der Waals surface area contributed by atoms with E-state index in [0.29, 0.717) is 12.1 Å². The lowest BCUT2D eigenvalue weighted by Crippen LogP contribution is -2.26. The van der Waals surface area contributed by atoms with Crippen molar-refractivity contribution in [3.05, 3.63) is 22.9 Å². The molecule has 1 aliphatic rings. The molecule has 8 heteroatoms. The zero-order valence-corrected chi connectivity index (χ0v) is 13.7. The summed E-state index contributed by atoms with van der Waals surface area (Å²) in [5.41, 5.74) is 1.36. The van der Waals surface area contributed by atoms with Crippen LogP contribution < -0.4 is 10.6 Å². The Morgan fingerprint density at radius 1 is 1.32 bits per heavy atom. The highest BCUT2D eigenvalue weighted by Gasteiger charge is 2.19. The van der Waals surface area contributed by atoms with E-state index >= 15 is 0 Å². The van der Waals surface area contributed by atoms with Crippen LogP contribution in [-0.4, -0.2) is 32.1 Å². The Labute approximate surface area is 133 Å². The van der Waals surface area contributed by atoms with Gasteiger partial charge < -0.3 is 15.2 Å². The van der Waals surface area contributed by atoms with E-state index in [0.717, 1.165) is 48.2 Å². The highest BCUT2D eigenvalue weighted by Crippen LogP contribution is 2.23. The third kappa shape index (κ3) is 2.83. The van der Waals surface area contributed by atoms with Gasteiger partial charge in [0.1, 0.15) is 10.8 Å². The molecule has 1 aliphatic heterocycles. The van der Waals surface area contributed by atoms with Crippen molar-refractivity contribution in [3.63, 3.8) is 0 Å². The van der Waals surface area contributed by atoms with E-state index in [1.807, 2.05) is 6.92 Å². The van der Waals surface area contributed by atoms with Crippen LogP contribution in [0.2, 0.25) is 0 Å². The quantitative estimate of drug-likeness (QED) is 0.896. The Kier molecular flexibility index (Phi) is 4.37. The van der Waals surface area contributed by atoms with Crippen LogP contribution in [0.15, 0.2) is 0 Å². The molecule has 0 bridgehead atoms. The number of aryl methyl sites for hydroxylation is 2. The maximum atomic E-state index is 12.4. The monoisotopic (exact) mass is 320 g/mol. The zero-order chi connectivity index (χ0) is 15.5. The second kappa shape index (κ2) is 6.43. The number of carbonyl (C=O) groups excluding carboxylic acids is 1. The molecule has 2 aromatic heterocycles. The van der Waals surface area contributed by atoms with Gasteiger partial charge in [0, 0.05) is 20.0 Å². The predicted molar refractivity (Wildman–Crippen MR) is 85.1 cm³/mol. The Morgan fingerprint density at radius 2 is 2.18 bits per heavy atom. The highest BCUT2D eigenvalue weighted by molar-refractivity contribution is 7.10. The van der Waals surface area contributed by atoms with E-state index in [4.69, 9.17) is 0 Å². The molecular weight excluding hydrogens is 300 g/mol. The molecule has 0 fully saturated rings. The summed E-state index contributed by atoms with van der Waals surface area (Å²) in [5.74, 6) is 1.74. The molecular formula is C14H20N6OS. The first-order valence-corrected chi connectivity index (χ1v) is 8.31. The SMILES string of the molecule is CNc1snc(C)c1C(=O)NCc1nnc2n1CCCCC2. The average Bonchev–Trinajstić information content (AvgIpc) is 3.00. The van der Waals surface area contributed by atoms with Gasteiger partial charge in [0.2, 0.25) is 0 Å². The first-order chi connectivity index (χ1) is 10.7. The van der Waals surface area contributed by atoms with Crippen molar-refractivity contribution in [2.24, 2.45) is 0 Å².